The van der Waals surface area contributed by atoms with Gasteiger partial charge in [0.2, 0.25) is 0 Å². The summed E-state index contributed by atoms with van der Waals surface area (Å²) in [6.07, 6.45) is 2.13. The molecule has 0 amide bonds. The van der Waals surface area contributed by atoms with Gasteiger partial charge >= 0.3 is 0 Å². The number of rotatable bonds is 1. The third kappa shape index (κ3) is 1.83. The maximum atomic E-state index is 5.91. The Kier molecular flexibility index (Phi) is 2.50. The Morgan fingerprint density at radius 2 is 1.85 bits per heavy atom. The van der Waals surface area contributed by atoms with E-state index in [1.165, 1.54) is 5.56 Å². The van der Waals surface area contributed by atoms with Gasteiger partial charge in [0.05, 0.1) is 10.0 Å². The lowest BCUT2D eigenvalue weighted by molar-refractivity contribution is 0.351. The molecule has 3 heteroatoms. The molecular formula is C10H11Cl2N. The molecule has 0 aliphatic heterocycles. The smallest absolute Gasteiger partial charge is 0.0595 e. The minimum Gasteiger partial charge on any atom is -0.328 e. The van der Waals surface area contributed by atoms with Crippen LogP contribution in [0.2, 0.25) is 10.0 Å². The van der Waals surface area contributed by atoms with Crippen LogP contribution < -0.4 is 5.73 Å². The van der Waals surface area contributed by atoms with Crippen LogP contribution in [0.25, 0.3) is 0 Å². The van der Waals surface area contributed by atoms with Crippen LogP contribution in [0.1, 0.15) is 24.3 Å². The lowest BCUT2D eigenvalue weighted by atomic mass is 9.76. The van der Waals surface area contributed by atoms with Crippen LogP contribution in [0, 0.1) is 0 Å². The molecule has 0 saturated heterocycles. The molecule has 1 aromatic rings. The summed E-state index contributed by atoms with van der Waals surface area (Å²) in [5.74, 6) is 0.588. The highest BCUT2D eigenvalue weighted by molar-refractivity contribution is 6.42. The van der Waals surface area contributed by atoms with Crippen LogP contribution >= 0.6 is 23.2 Å². The van der Waals surface area contributed by atoms with Crippen molar-refractivity contribution in [1.29, 1.82) is 0 Å². The lowest BCUT2D eigenvalue weighted by Gasteiger charge is -2.32. The first-order valence-electron chi connectivity index (χ1n) is 4.37. The molecule has 0 bridgehead atoms. The second-order valence-corrected chi connectivity index (χ2v) is 4.42. The Morgan fingerprint density at radius 1 is 1.15 bits per heavy atom. The first-order chi connectivity index (χ1) is 6.16. The zero-order valence-electron chi connectivity index (χ0n) is 7.13. The van der Waals surface area contributed by atoms with Crippen molar-refractivity contribution in [2.45, 2.75) is 24.8 Å². The summed E-state index contributed by atoms with van der Waals surface area (Å²) in [4.78, 5) is 0. The molecule has 1 aromatic carbocycles. The molecule has 0 spiro atoms. The third-order valence-corrected chi connectivity index (χ3v) is 3.33. The standard InChI is InChI=1S/C10H11Cl2N/c11-9-2-1-6(5-10(9)12)7-3-8(13)4-7/h1-2,5,7-8H,3-4,13H2. The first kappa shape index (κ1) is 9.32. The van der Waals surface area contributed by atoms with Crippen molar-refractivity contribution < 1.29 is 0 Å². The van der Waals surface area contributed by atoms with Gasteiger partial charge in [0.15, 0.2) is 0 Å². The van der Waals surface area contributed by atoms with Gasteiger partial charge in [-0.3, -0.25) is 0 Å². The summed E-state index contributed by atoms with van der Waals surface area (Å²) in [5, 5.41) is 1.26. The summed E-state index contributed by atoms with van der Waals surface area (Å²) in [6.45, 7) is 0. The van der Waals surface area contributed by atoms with Gasteiger partial charge in [-0.1, -0.05) is 29.3 Å². The minimum absolute atomic E-state index is 0.374. The summed E-state index contributed by atoms with van der Waals surface area (Å²) in [7, 11) is 0. The lowest BCUT2D eigenvalue weighted by Crippen LogP contribution is -2.34. The van der Waals surface area contributed by atoms with Gasteiger partial charge in [-0.2, -0.15) is 0 Å². The van der Waals surface area contributed by atoms with E-state index in [4.69, 9.17) is 28.9 Å². The summed E-state index contributed by atoms with van der Waals surface area (Å²) < 4.78 is 0. The van der Waals surface area contributed by atoms with E-state index in [0.29, 0.717) is 22.0 Å². The van der Waals surface area contributed by atoms with Gasteiger partial charge in [0, 0.05) is 6.04 Å². The van der Waals surface area contributed by atoms with Gasteiger partial charge in [0.25, 0.3) is 0 Å². The zero-order chi connectivity index (χ0) is 9.42. The molecule has 1 saturated carbocycles. The van der Waals surface area contributed by atoms with Crippen molar-refractivity contribution in [1.82, 2.24) is 0 Å². The Balaban J connectivity index is 2.18. The van der Waals surface area contributed by atoms with Crippen molar-refractivity contribution >= 4 is 23.2 Å². The molecule has 0 unspecified atom stereocenters. The highest BCUT2D eigenvalue weighted by Gasteiger charge is 2.27. The number of benzene rings is 1. The van der Waals surface area contributed by atoms with Gasteiger partial charge in [-0.15, -0.1) is 0 Å². The fourth-order valence-electron chi connectivity index (χ4n) is 1.70. The molecule has 2 N–H and O–H groups in total. The Hall–Kier alpha value is -0.240. The van der Waals surface area contributed by atoms with Gasteiger partial charge in [-0.25, -0.2) is 0 Å². The van der Waals surface area contributed by atoms with Crippen molar-refractivity contribution in [3.63, 3.8) is 0 Å². The van der Waals surface area contributed by atoms with Crippen LogP contribution in [-0.2, 0) is 0 Å². The Morgan fingerprint density at radius 3 is 2.38 bits per heavy atom. The number of hydrogen-bond acceptors (Lipinski definition) is 1. The molecule has 0 atom stereocenters. The second kappa shape index (κ2) is 3.49. The fraction of sp³-hybridized carbons (Fsp3) is 0.400. The number of halogens is 2. The van der Waals surface area contributed by atoms with E-state index in [9.17, 15) is 0 Å². The number of nitrogens with two attached hydrogens (primary N) is 1. The highest BCUT2D eigenvalue weighted by Crippen LogP contribution is 2.37. The predicted molar refractivity (Wildman–Crippen MR) is 56.4 cm³/mol. The van der Waals surface area contributed by atoms with Gasteiger partial charge < -0.3 is 5.73 Å². The van der Waals surface area contributed by atoms with Crippen molar-refractivity contribution in [3.05, 3.63) is 33.8 Å². The van der Waals surface area contributed by atoms with Crippen LogP contribution in [0.5, 0.6) is 0 Å². The topological polar surface area (TPSA) is 26.0 Å². The molecule has 1 fully saturated rings. The van der Waals surface area contributed by atoms with Crippen LogP contribution in [-0.4, -0.2) is 6.04 Å². The van der Waals surface area contributed by atoms with Crippen molar-refractivity contribution in [2.24, 2.45) is 5.73 Å². The SMILES string of the molecule is NC1CC(c2ccc(Cl)c(Cl)c2)C1. The van der Waals surface area contributed by atoms with Gasteiger partial charge in [-0.05, 0) is 36.5 Å². The monoisotopic (exact) mass is 215 g/mol. The molecular weight excluding hydrogens is 205 g/mol. The minimum atomic E-state index is 0.374. The molecule has 0 radical (unpaired) electrons. The normalized spacial score (nSPS) is 27.0. The zero-order valence-corrected chi connectivity index (χ0v) is 8.65. The largest absolute Gasteiger partial charge is 0.328 e. The third-order valence-electron chi connectivity index (χ3n) is 2.59. The molecule has 2 rings (SSSR count). The maximum Gasteiger partial charge on any atom is 0.0595 e. The van der Waals surface area contributed by atoms with Crippen molar-refractivity contribution in [3.8, 4) is 0 Å². The fourth-order valence-corrected chi connectivity index (χ4v) is 2.01. The molecule has 0 aromatic heterocycles. The Bertz CT molecular complexity index is 319. The Labute approximate surface area is 87.8 Å². The molecule has 70 valence electrons. The molecule has 13 heavy (non-hydrogen) atoms. The number of hydrogen-bond donors (Lipinski definition) is 1. The van der Waals surface area contributed by atoms with E-state index >= 15 is 0 Å². The van der Waals surface area contributed by atoms with Gasteiger partial charge in [0.1, 0.15) is 0 Å². The van der Waals surface area contributed by atoms with E-state index < -0.39 is 0 Å². The van der Waals surface area contributed by atoms with E-state index in [0.717, 1.165) is 12.8 Å². The molecule has 1 nitrogen and oxygen atoms in total. The van der Waals surface area contributed by atoms with Crippen LogP contribution in [0.4, 0.5) is 0 Å². The van der Waals surface area contributed by atoms with E-state index in [-0.39, 0.29) is 0 Å². The summed E-state index contributed by atoms with van der Waals surface area (Å²) in [6, 6.07) is 6.20. The van der Waals surface area contributed by atoms with Crippen LogP contribution in [0.3, 0.4) is 0 Å². The van der Waals surface area contributed by atoms with E-state index in [1.807, 2.05) is 18.2 Å². The summed E-state index contributed by atoms with van der Waals surface area (Å²) in [5.41, 5.74) is 6.98. The second-order valence-electron chi connectivity index (χ2n) is 3.60. The maximum absolute atomic E-state index is 5.91. The first-order valence-corrected chi connectivity index (χ1v) is 5.13. The molecule has 1 aliphatic carbocycles. The quantitative estimate of drug-likeness (QED) is 0.766. The summed E-state index contributed by atoms with van der Waals surface area (Å²) >= 11 is 11.7. The molecule has 0 heterocycles. The van der Waals surface area contributed by atoms with Crippen molar-refractivity contribution in [2.75, 3.05) is 0 Å². The molecule has 1 aliphatic rings. The van der Waals surface area contributed by atoms with E-state index in [2.05, 4.69) is 0 Å². The average Bonchev–Trinajstić information content (AvgIpc) is 2.05. The van der Waals surface area contributed by atoms with Crippen LogP contribution in [0.15, 0.2) is 18.2 Å². The highest BCUT2D eigenvalue weighted by atomic mass is 35.5. The predicted octanol–water partition coefficient (Wildman–Crippen LogP) is 3.20. The van der Waals surface area contributed by atoms with E-state index in [1.54, 1.807) is 0 Å². The average molecular weight is 216 g/mol.